The Morgan fingerprint density at radius 1 is 1.17 bits per heavy atom. The van der Waals surface area contributed by atoms with E-state index in [4.69, 9.17) is 5.26 Å². The molecule has 0 radical (unpaired) electrons. The molecule has 0 N–H and O–H groups in total. The highest BCUT2D eigenvalue weighted by atomic mass is 32.2. The Balaban J connectivity index is 2.11. The second-order valence-electron chi connectivity index (χ2n) is 4.51. The lowest BCUT2D eigenvalue weighted by Gasteiger charge is -2.03. The Morgan fingerprint density at radius 2 is 1.71 bits per heavy atom. The number of nitro groups is 1. The highest BCUT2D eigenvalue weighted by Gasteiger charge is 2.07. The van der Waals surface area contributed by atoms with E-state index in [9.17, 15) is 14.9 Å². The van der Waals surface area contributed by atoms with Crippen molar-refractivity contribution in [3.05, 3.63) is 64.2 Å². The molecular weight excluding hydrogens is 330 g/mol. The van der Waals surface area contributed by atoms with E-state index in [0.717, 1.165) is 9.79 Å². The van der Waals surface area contributed by atoms with Crippen molar-refractivity contribution in [3.63, 3.8) is 0 Å². The lowest BCUT2D eigenvalue weighted by atomic mass is 10.1. The summed E-state index contributed by atoms with van der Waals surface area (Å²) in [5, 5.41) is 23.1. The van der Waals surface area contributed by atoms with Gasteiger partial charge in [0.25, 0.3) is 5.69 Å². The van der Waals surface area contributed by atoms with Gasteiger partial charge in [0.15, 0.2) is 5.71 Å². The molecule has 0 aromatic heterocycles. The largest absolute Gasteiger partial charge is 0.332 e. The zero-order valence-corrected chi connectivity index (χ0v) is 13.3. The van der Waals surface area contributed by atoms with Crippen LogP contribution in [0, 0.1) is 21.4 Å². The van der Waals surface area contributed by atoms with Gasteiger partial charge in [-0.2, -0.15) is 5.26 Å². The van der Waals surface area contributed by atoms with Crippen molar-refractivity contribution >= 4 is 29.1 Å². The average Bonchev–Trinajstić information content (AvgIpc) is 2.57. The van der Waals surface area contributed by atoms with Gasteiger partial charge in [-0.1, -0.05) is 29.1 Å². The maximum atomic E-state index is 10.7. The van der Waals surface area contributed by atoms with E-state index in [1.807, 2.05) is 6.07 Å². The van der Waals surface area contributed by atoms with Crippen LogP contribution in [-0.4, -0.2) is 16.6 Å². The fourth-order valence-corrected chi connectivity index (χ4v) is 2.52. The fourth-order valence-electron chi connectivity index (χ4n) is 1.70. The highest BCUT2D eigenvalue weighted by Crippen LogP contribution is 2.29. The van der Waals surface area contributed by atoms with Gasteiger partial charge < -0.3 is 4.84 Å². The zero-order valence-electron chi connectivity index (χ0n) is 12.5. The number of oxime groups is 1. The number of carbonyl (C=O) groups excluding carboxylic acids is 1. The molecule has 24 heavy (non-hydrogen) atoms. The third-order valence-corrected chi connectivity index (χ3v) is 3.80. The summed E-state index contributed by atoms with van der Waals surface area (Å²) in [4.78, 5) is 27.1. The Bertz CT molecular complexity index is 824. The first-order valence-electron chi connectivity index (χ1n) is 6.68. The van der Waals surface area contributed by atoms with Crippen molar-refractivity contribution < 1.29 is 14.6 Å². The Labute approximate surface area is 141 Å². The number of rotatable bonds is 5. The van der Waals surface area contributed by atoms with Crippen LogP contribution in [0.2, 0.25) is 0 Å². The monoisotopic (exact) mass is 341 g/mol. The molecule has 0 fully saturated rings. The normalized spacial score (nSPS) is 10.8. The molecule has 0 aliphatic rings. The maximum absolute atomic E-state index is 10.7. The molecule has 0 atom stereocenters. The standard InChI is InChI=1S/C16H11N3O4S/c1-11(20)23-18-16(10-17)12-2-6-14(7-3-12)24-15-8-4-13(5-9-15)19(21)22/h2-9H,1H3/b18-16+. The smallest absolute Gasteiger partial charge is 0.317 e. The first-order valence-corrected chi connectivity index (χ1v) is 7.49. The summed E-state index contributed by atoms with van der Waals surface area (Å²) >= 11 is 1.42. The van der Waals surface area contributed by atoms with Crippen molar-refractivity contribution in [2.75, 3.05) is 0 Å². The molecule has 0 saturated carbocycles. The summed E-state index contributed by atoms with van der Waals surface area (Å²) < 4.78 is 0. The number of hydrogen-bond acceptors (Lipinski definition) is 7. The quantitative estimate of drug-likeness (QED) is 0.356. The van der Waals surface area contributed by atoms with Gasteiger partial charge in [0.05, 0.1) is 4.92 Å². The summed E-state index contributed by atoms with van der Waals surface area (Å²) in [5.74, 6) is -0.604. The maximum Gasteiger partial charge on any atom is 0.332 e. The van der Waals surface area contributed by atoms with Crippen molar-refractivity contribution in [1.29, 1.82) is 5.26 Å². The van der Waals surface area contributed by atoms with Gasteiger partial charge in [-0.3, -0.25) is 10.1 Å². The Kier molecular flexibility index (Phi) is 5.65. The molecule has 0 unspecified atom stereocenters. The number of non-ortho nitro benzene ring substituents is 1. The predicted octanol–water partition coefficient (Wildman–Crippen LogP) is 3.54. The molecule has 2 rings (SSSR count). The minimum absolute atomic E-state index is 0.00270. The third-order valence-electron chi connectivity index (χ3n) is 2.78. The molecule has 0 aliphatic heterocycles. The first-order chi connectivity index (χ1) is 11.5. The van der Waals surface area contributed by atoms with Gasteiger partial charge in [0.2, 0.25) is 0 Å². The minimum Gasteiger partial charge on any atom is -0.317 e. The van der Waals surface area contributed by atoms with Crippen molar-refractivity contribution in [1.82, 2.24) is 0 Å². The van der Waals surface area contributed by atoms with Gasteiger partial charge >= 0.3 is 5.97 Å². The second-order valence-corrected chi connectivity index (χ2v) is 5.66. The van der Waals surface area contributed by atoms with Gasteiger partial charge in [-0.25, -0.2) is 4.79 Å². The molecule has 0 bridgehead atoms. The van der Waals surface area contributed by atoms with Crippen LogP contribution < -0.4 is 0 Å². The van der Waals surface area contributed by atoms with Gasteiger partial charge in [-0.05, 0) is 24.3 Å². The summed E-state index contributed by atoms with van der Waals surface area (Å²) in [6, 6.07) is 15.0. The van der Waals surface area contributed by atoms with E-state index in [1.54, 1.807) is 36.4 Å². The van der Waals surface area contributed by atoms with Crippen LogP contribution in [0.4, 0.5) is 5.69 Å². The second kappa shape index (κ2) is 7.89. The predicted molar refractivity (Wildman–Crippen MR) is 87.6 cm³/mol. The zero-order chi connectivity index (χ0) is 17.5. The van der Waals surface area contributed by atoms with Crippen LogP contribution in [0.5, 0.6) is 0 Å². The van der Waals surface area contributed by atoms with Crippen LogP contribution in [0.3, 0.4) is 0 Å². The summed E-state index contributed by atoms with van der Waals surface area (Å²) in [6.07, 6.45) is 0. The van der Waals surface area contributed by atoms with Crippen molar-refractivity contribution in [2.45, 2.75) is 16.7 Å². The molecule has 8 heteroatoms. The van der Waals surface area contributed by atoms with Crippen LogP contribution >= 0.6 is 11.8 Å². The number of hydrogen-bond donors (Lipinski definition) is 0. The lowest BCUT2D eigenvalue weighted by Crippen LogP contribution is -2.01. The number of nitriles is 1. The summed E-state index contributed by atoms with van der Waals surface area (Å²) in [5.41, 5.74) is 0.555. The van der Waals surface area contributed by atoms with E-state index < -0.39 is 10.9 Å². The van der Waals surface area contributed by atoms with E-state index in [2.05, 4.69) is 9.99 Å². The van der Waals surface area contributed by atoms with Crippen molar-refractivity contribution in [3.8, 4) is 6.07 Å². The van der Waals surface area contributed by atoms with Crippen molar-refractivity contribution in [2.24, 2.45) is 5.16 Å². The number of nitrogens with zero attached hydrogens (tertiary/aromatic N) is 3. The summed E-state index contributed by atoms with van der Waals surface area (Å²) in [6.45, 7) is 1.20. The van der Waals surface area contributed by atoms with E-state index in [1.165, 1.54) is 30.8 Å². The van der Waals surface area contributed by atoms with E-state index in [0.29, 0.717) is 5.56 Å². The van der Waals surface area contributed by atoms with Crippen LogP contribution in [-0.2, 0) is 9.63 Å². The molecule has 0 spiro atoms. The molecular formula is C16H11N3O4S. The number of nitro benzene ring substituents is 1. The molecule has 7 nitrogen and oxygen atoms in total. The van der Waals surface area contributed by atoms with Crippen LogP contribution in [0.25, 0.3) is 0 Å². The third kappa shape index (κ3) is 4.66. The molecule has 0 saturated heterocycles. The number of carbonyl (C=O) groups is 1. The molecule has 2 aromatic rings. The first kappa shape index (κ1) is 17.2. The SMILES string of the molecule is CC(=O)O/N=C(\C#N)c1ccc(Sc2ccc([N+](=O)[O-])cc2)cc1. The van der Waals surface area contributed by atoms with Crippen LogP contribution in [0.15, 0.2) is 63.5 Å². The van der Waals surface area contributed by atoms with E-state index >= 15 is 0 Å². The summed E-state index contributed by atoms with van der Waals surface area (Å²) in [7, 11) is 0. The molecule has 0 aliphatic carbocycles. The van der Waals surface area contributed by atoms with Gasteiger partial charge in [0.1, 0.15) is 6.07 Å². The molecule has 120 valence electrons. The van der Waals surface area contributed by atoms with Crippen LogP contribution in [0.1, 0.15) is 12.5 Å². The van der Waals surface area contributed by atoms with Gasteiger partial charge in [-0.15, -0.1) is 0 Å². The lowest BCUT2D eigenvalue weighted by molar-refractivity contribution is -0.384. The highest BCUT2D eigenvalue weighted by molar-refractivity contribution is 7.99. The average molecular weight is 341 g/mol. The molecule has 2 aromatic carbocycles. The molecule has 0 heterocycles. The fraction of sp³-hybridized carbons (Fsp3) is 0.0625. The Hall–Kier alpha value is -3.18. The Morgan fingerprint density at radius 3 is 2.17 bits per heavy atom. The molecule has 0 amide bonds. The van der Waals surface area contributed by atoms with Gasteiger partial charge in [0, 0.05) is 34.4 Å². The number of benzene rings is 2. The van der Waals surface area contributed by atoms with E-state index in [-0.39, 0.29) is 11.4 Å². The topological polar surface area (TPSA) is 106 Å². The minimum atomic E-state index is -0.604.